The Bertz CT molecular complexity index is 178. The van der Waals surface area contributed by atoms with Crippen molar-refractivity contribution in [2.75, 3.05) is 6.54 Å². The highest BCUT2D eigenvalue weighted by Crippen LogP contribution is 2.17. The lowest BCUT2D eigenvalue weighted by Crippen LogP contribution is -2.33. The van der Waals surface area contributed by atoms with Crippen LogP contribution in [0.3, 0.4) is 0 Å². The third-order valence-corrected chi connectivity index (χ3v) is 2.15. The molecule has 1 saturated carbocycles. The van der Waals surface area contributed by atoms with Crippen LogP contribution < -0.4 is 11.1 Å². The van der Waals surface area contributed by atoms with Crippen molar-refractivity contribution in [3.63, 3.8) is 0 Å². The van der Waals surface area contributed by atoms with Crippen LogP contribution in [0.5, 0.6) is 0 Å². The fraction of sp³-hybridized carbons (Fsp3) is 0.889. The highest BCUT2D eigenvalue weighted by Gasteiger charge is 2.21. The third kappa shape index (κ3) is 4.72. The standard InChI is InChI=1S/C9H19N3O/c1-2-8(13)5-6-11-9(10)12-7-3-4-7/h7-8,13H,2-6H2,1H3,(H3,10,11,12). The number of aliphatic hydroxyl groups is 1. The lowest BCUT2D eigenvalue weighted by molar-refractivity contribution is 0.163. The second kappa shape index (κ2) is 5.07. The number of aliphatic hydroxyl groups excluding tert-OH is 1. The molecule has 0 saturated heterocycles. The van der Waals surface area contributed by atoms with Crippen LogP contribution in [0, 0.1) is 0 Å². The molecule has 0 aromatic heterocycles. The zero-order valence-corrected chi connectivity index (χ0v) is 8.16. The van der Waals surface area contributed by atoms with Crippen LogP contribution in [0.2, 0.25) is 0 Å². The van der Waals surface area contributed by atoms with Crippen LogP contribution >= 0.6 is 0 Å². The van der Waals surface area contributed by atoms with Gasteiger partial charge in [0.1, 0.15) is 0 Å². The SMILES string of the molecule is CCC(O)CCN=C(N)NC1CC1. The van der Waals surface area contributed by atoms with Gasteiger partial charge in [-0.05, 0) is 25.7 Å². The third-order valence-electron chi connectivity index (χ3n) is 2.15. The average Bonchev–Trinajstić information content (AvgIpc) is 2.88. The first-order chi connectivity index (χ1) is 6.22. The number of rotatable bonds is 5. The Morgan fingerprint density at radius 1 is 1.69 bits per heavy atom. The Kier molecular flexibility index (Phi) is 4.02. The minimum atomic E-state index is -0.238. The summed E-state index contributed by atoms with van der Waals surface area (Å²) < 4.78 is 0. The zero-order valence-electron chi connectivity index (χ0n) is 8.16. The molecule has 1 fully saturated rings. The van der Waals surface area contributed by atoms with Crippen molar-refractivity contribution in [3.05, 3.63) is 0 Å². The summed E-state index contributed by atoms with van der Waals surface area (Å²) in [5.74, 6) is 0.519. The maximum absolute atomic E-state index is 9.23. The maximum atomic E-state index is 9.23. The first kappa shape index (κ1) is 10.3. The topological polar surface area (TPSA) is 70.6 Å². The quantitative estimate of drug-likeness (QED) is 0.423. The van der Waals surface area contributed by atoms with E-state index in [4.69, 9.17) is 5.73 Å². The lowest BCUT2D eigenvalue weighted by atomic mass is 10.2. The minimum Gasteiger partial charge on any atom is -0.393 e. The Morgan fingerprint density at radius 2 is 2.38 bits per heavy atom. The van der Waals surface area contributed by atoms with Crippen molar-refractivity contribution < 1.29 is 5.11 Å². The molecule has 4 heteroatoms. The number of nitrogens with one attached hydrogen (secondary N) is 1. The minimum absolute atomic E-state index is 0.238. The van der Waals surface area contributed by atoms with Gasteiger partial charge in [-0.1, -0.05) is 6.92 Å². The molecule has 0 aromatic carbocycles. The fourth-order valence-electron chi connectivity index (χ4n) is 1.02. The fourth-order valence-corrected chi connectivity index (χ4v) is 1.02. The Labute approximate surface area is 79.2 Å². The molecule has 13 heavy (non-hydrogen) atoms. The van der Waals surface area contributed by atoms with Gasteiger partial charge in [0, 0.05) is 12.6 Å². The largest absolute Gasteiger partial charge is 0.393 e. The molecule has 0 heterocycles. The van der Waals surface area contributed by atoms with Crippen LogP contribution in [0.15, 0.2) is 4.99 Å². The number of nitrogens with zero attached hydrogens (tertiary/aromatic N) is 1. The number of guanidine groups is 1. The number of nitrogens with two attached hydrogens (primary N) is 1. The van der Waals surface area contributed by atoms with Crippen LogP contribution in [-0.2, 0) is 0 Å². The molecule has 1 aliphatic rings. The summed E-state index contributed by atoms with van der Waals surface area (Å²) in [6.07, 6.45) is 3.65. The molecule has 76 valence electrons. The van der Waals surface area contributed by atoms with E-state index in [1.165, 1.54) is 12.8 Å². The predicted molar refractivity (Wildman–Crippen MR) is 53.6 cm³/mol. The summed E-state index contributed by atoms with van der Waals surface area (Å²) in [6, 6.07) is 0.555. The summed E-state index contributed by atoms with van der Waals surface area (Å²) in [5.41, 5.74) is 5.60. The average molecular weight is 185 g/mol. The summed E-state index contributed by atoms with van der Waals surface area (Å²) in [4.78, 5) is 4.12. The molecule has 0 spiro atoms. The maximum Gasteiger partial charge on any atom is 0.188 e. The molecule has 4 nitrogen and oxygen atoms in total. The lowest BCUT2D eigenvalue weighted by Gasteiger charge is -2.06. The van der Waals surface area contributed by atoms with Gasteiger partial charge in [0.2, 0.25) is 0 Å². The monoisotopic (exact) mass is 185 g/mol. The van der Waals surface area contributed by atoms with E-state index in [0.29, 0.717) is 25.0 Å². The van der Waals surface area contributed by atoms with Gasteiger partial charge in [-0.2, -0.15) is 0 Å². The van der Waals surface area contributed by atoms with E-state index in [1.54, 1.807) is 0 Å². The van der Waals surface area contributed by atoms with Crippen molar-refractivity contribution >= 4 is 5.96 Å². The van der Waals surface area contributed by atoms with Gasteiger partial charge in [0.05, 0.1) is 6.10 Å². The highest BCUT2D eigenvalue weighted by atomic mass is 16.3. The van der Waals surface area contributed by atoms with E-state index in [1.807, 2.05) is 6.92 Å². The van der Waals surface area contributed by atoms with Crippen molar-refractivity contribution in [2.24, 2.45) is 10.7 Å². The molecule has 0 radical (unpaired) electrons. The van der Waals surface area contributed by atoms with E-state index >= 15 is 0 Å². The van der Waals surface area contributed by atoms with Crippen LogP contribution in [-0.4, -0.2) is 29.8 Å². The highest BCUT2D eigenvalue weighted by molar-refractivity contribution is 5.78. The van der Waals surface area contributed by atoms with Crippen LogP contribution in [0.4, 0.5) is 0 Å². The Morgan fingerprint density at radius 3 is 2.92 bits per heavy atom. The molecule has 1 atom stereocenters. The molecule has 0 amide bonds. The second-order valence-corrected chi connectivity index (χ2v) is 3.54. The van der Waals surface area contributed by atoms with Crippen molar-refractivity contribution in [2.45, 2.75) is 44.8 Å². The van der Waals surface area contributed by atoms with Crippen molar-refractivity contribution in [1.82, 2.24) is 5.32 Å². The van der Waals surface area contributed by atoms with E-state index in [-0.39, 0.29) is 6.10 Å². The Hall–Kier alpha value is -0.770. The van der Waals surface area contributed by atoms with Crippen molar-refractivity contribution in [3.8, 4) is 0 Å². The van der Waals surface area contributed by atoms with Gasteiger partial charge >= 0.3 is 0 Å². The van der Waals surface area contributed by atoms with E-state index in [0.717, 1.165) is 6.42 Å². The molecule has 1 rings (SSSR count). The van der Waals surface area contributed by atoms with E-state index in [9.17, 15) is 5.11 Å². The summed E-state index contributed by atoms with van der Waals surface area (Å²) in [5, 5.41) is 12.3. The molecule has 1 aliphatic carbocycles. The summed E-state index contributed by atoms with van der Waals surface area (Å²) in [7, 11) is 0. The zero-order chi connectivity index (χ0) is 9.68. The van der Waals surface area contributed by atoms with Gasteiger partial charge in [0.25, 0.3) is 0 Å². The van der Waals surface area contributed by atoms with E-state index in [2.05, 4.69) is 10.3 Å². The predicted octanol–water partition coefficient (Wildman–Crippen LogP) is 0.214. The van der Waals surface area contributed by atoms with Crippen LogP contribution in [0.25, 0.3) is 0 Å². The van der Waals surface area contributed by atoms with Gasteiger partial charge in [-0.15, -0.1) is 0 Å². The number of hydrogen-bond acceptors (Lipinski definition) is 2. The smallest absolute Gasteiger partial charge is 0.188 e. The van der Waals surface area contributed by atoms with Gasteiger partial charge < -0.3 is 16.2 Å². The molecular formula is C9H19N3O. The molecule has 0 aliphatic heterocycles. The molecule has 1 unspecified atom stereocenters. The first-order valence-electron chi connectivity index (χ1n) is 4.97. The molecule has 4 N–H and O–H groups in total. The summed E-state index contributed by atoms with van der Waals surface area (Å²) in [6.45, 7) is 2.57. The number of aliphatic imine (C=N–C) groups is 1. The van der Waals surface area contributed by atoms with Gasteiger partial charge in [0.15, 0.2) is 5.96 Å². The summed E-state index contributed by atoms with van der Waals surface area (Å²) >= 11 is 0. The van der Waals surface area contributed by atoms with Gasteiger partial charge in [-0.3, -0.25) is 4.99 Å². The van der Waals surface area contributed by atoms with Crippen molar-refractivity contribution in [1.29, 1.82) is 0 Å². The molecule has 0 bridgehead atoms. The van der Waals surface area contributed by atoms with Crippen LogP contribution in [0.1, 0.15) is 32.6 Å². The first-order valence-corrected chi connectivity index (χ1v) is 4.97. The second-order valence-electron chi connectivity index (χ2n) is 3.54. The number of hydrogen-bond donors (Lipinski definition) is 3. The Balaban J connectivity index is 2.06. The van der Waals surface area contributed by atoms with Gasteiger partial charge in [-0.25, -0.2) is 0 Å². The molecular weight excluding hydrogens is 166 g/mol. The molecule has 0 aromatic rings. The van der Waals surface area contributed by atoms with E-state index < -0.39 is 0 Å². The normalized spacial score (nSPS) is 20.0.